The molecule has 10 heteroatoms. The van der Waals surface area contributed by atoms with E-state index in [1.807, 2.05) is 4.72 Å². The van der Waals surface area contributed by atoms with Gasteiger partial charge in [0.2, 0.25) is 15.9 Å². The Morgan fingerprint density at radius 3 is 2.52 bits per heavy atom. The summed E-state index contributed by atoms with van der Waals surface area (Å²) < 4.78 is 30.9. The number of primary amides is 1. The van der Waals surface area contributed by atoms with Crippen molar-refractivity contribution >= 4 is 33.5 Å². The van der Waals surface area contributed by atoms with Gasteiger partial charge < -0.3 is 15.6 Å². The average molecular weight is 337 g/mol. The largest absolute Gasteiger partial charge is 0.495 e. The Bertz CT molecular complexity index is 661. The van der Waals surface area contributed by atoms with Gasteiger partial charge in [0, 0.05) is 0 Å². The second-order valence-corrected chi connectivity index (χ2v) is 6.10. The van der Waals surface area contributed by atoms with E-state index in [2.05, 4.69) is 0 Å². The van der Waals surface area contributed by atoms with Gasteiger partial charge in [-0.15, -0.1) is 0 Å². The number of nitrogens with two attached hydrogens (primary N) is 1. The van der Waals surface area contributed by atoms with Gasteiger partial charge in [0.25, 0.3) is 0 Å². The van der Waals surface area contributed by atoms with Crippen LogP contribution in [0.25, 0.3) is 0 Å². The number of carboxylic acids is 1. The molecule has 0 aliphatic carbocycles. The van der Waals surface area contributed by atoms with Gasteiger partial charge in [0.1, 0.15) is 11.8 Å². The number of benzene rings is 1. The lowest BCUT2D eigenvalue weighted by Crippen LogP contribution is -2.43. The van der Waals surface area contributed by atoms with Gasteiger partial charge in [-0.2, -0.15) is 4.72 Å². The van der Waals surface area contributed by atoms with Crippen LogP contribution in [0.2, 0.25) is 5.02 Å². The van der Waals surface area contributed by atoms with Crippen molar-refractivity contribution in [2.45, 2.75) is 17.4 Å². The fourth-order valence-corrected chi connectivity index (χ4v) is 2.99. The smallest absolute Gasteiger partial charge is 0.322 e. The molecule has 1 atom stereocenters. The quantitative estimate of drug-likeness (QED) is 0.639. The van der Waals surface area contributed by atoms with Gasteiger partial charge in [-0.3, -0.25) is 9.59 Å². The van der Waals surface area contributed by atoms with Crippen LogP contribution in [-0.4, -0.2) is 38.6 Å². The number of sulfonamides is 1. The molecule has 0 heterocycles. The van der Waals surface area contributed by atoms with Crippen LogP contribution in [0, 0.1) is 0 Å². The first kappa shape index (κ1) is 17.2. The fourth-order valence-electron chi connectivity index (χ4n) is 1.45. The summed E-state index contributed by atoms with van der Waals surface area (Å²) in [5.41, 5.74) is 4.88. The third-order valence-electron chi connectivity index (χ3n) is 2.43. The van der Waals surface area contributed by atoms with Gasteiger partial charge in [-0.1, -0.05) is 11.6 Å². The Labute approximate surface area is 125 Å². The molecule has 21 heavy (non-hydrogen) atoms. The van der Waals surface area contributed by atoms with Gasteiger partial charge in [-0.05, 0) is 18.2 Å². The molecule has 0 aliphatic rings. The Balaban J connectivity index is 3.07. The molecule has 1 aromatic carbocycles. The fraction of sp³-hybridized carbons (Fsp3) is 0.273. The van der Waals surface area contributed by atoms with Crippen molar-refractivity contribution in [3.8, 4) is 5.75 Å². The molecule has 0 saturated carbocycles. The molecule has 0 saturated heterocycles. The third-order valence-corrected chi connectivity index (χ3v) is 4.20. The molecule has 1 rings (SSSR count). The molecular formula is C11H13ClN2O6S. The van der Waals surface area contributed by atoms with Crippen molar-refractivity contribution in [3.05, 3.63) is 23.2 Å². The van der Waals surface area contributed by atoms with E-state index < -0.39 is 34.4 Å². The summed E-state index contributed by atoms with van der Waals surface area (Å²) in [7, 11) is -2.81. The summed E-state index contributed by atoms with van der Waals surface area (Å²) in [5, 5.41) is 8.93. The molecule has 0 fully saturated rings. The number of aliphatic carboxylic acids is 1. The minimum absolute atomic E-state index is 0.0437. The Kier molecular flexibility index (Phi) is 5.53. The highest BCUT2D eigenvalue weighted by atomic mass is 35.5. The number of ether oxygens (including phenoxy) is 1. The number of carbonyl (C=O) groups is 2. The number of carboxylic acid groups (broad SMARTS) is 1. The Morgan fingerprint density at radius 2 is 2.10 bits per heavy atom. The summed E-state index contributed by atoms with van der Waals surface area (Å²) >= 11 is 5.81. The topological polar surface area (TPSA) is 136 Å². The molecule has 4 N–H and O–H groups in total. The number of rotatable bonds is 7. The van der Waals surface area contributed by atoms with E-state index in [0.29, 0.717) is 0 Å². The number of methoxy groups -OCH3 is 1. The SMILES string of the molecule is COc1ccc(S(=O)(=O)N[C@H](CC(N)=O)C(=O)O)cc1Cl. The second kappa shape index (κ2) is 6.74. The van der Waals surface area contributed by atoms with E-state index in [-0.39, 0.29) is 15.7 Å². The molecule has 0 spiro atoms. The first-order chi connectivity index (χ1) is 9.67. The number of hydrogen-bond acceptors (Lipinski definition) is 5. The number of halogens is 1. The van der Waals surface area contributed by atoms with Crippen LogP contribution in [0.5, 0.6) is 5.75 Å². The van der Waals surface area contributed by atoms with Crippen LogP contribution < -0.4 is 15.2 Å². The first-order valence-corrected chi connectivity index (χ1v) is 7.40. The highest BCUT2D eigenvalue weighted by molar-refractivity contribution is 7.89. The van der Waals surface area contributed by atoms with Gasteiger partial charge in [-0.25, -0.2) is 8.42 Å². The van der Waals surface area contributed by atoms with E-state index in [1.54, 1.807) is 0 Å². The minimum Gasteiger partial charge on any atom is -0.495 e. The van der Waals surface area contributed by atoms with E-state index in [4.69, 9.17) is 27.2 Å². The van der Waals surface area contributed by atoms with E-state index in [9.17, 15) is 18.0 Å². The van der Waals surface area contributed by atoms with Crippen LogP contribution in [0.15, 0.2) is 23.1 Å². The van der Waals surface area contributed by atoms with Crippen molar-refractivity contribution in [2.24, 2.45) is 5.73 Å². The predicted octanol–water partition coefficient (Wildman–Crippen LogP) is -0.0445. The summed E-state index contributed by atoms with van der Waals surface area (Å²) in [6.45, 7) is 0. The maximum atomic E-state index is 12.1. The Morgan fingerprint density at radius 1 is 1.48 bits per heavy atom. The van der Waals surface area contributed by atoms with Gasteiger partial charge >= 0.3 is 5.97 Å². The zero-order valence-corrected chi connectivity index (χ0v) is 12.4. The number of nitrogens with one attached hydrogen (secondary N) is 1. The number of amides is 1. The lowest BCUT2D eigenvalue weighted by Gasteiger charge is -2.14. The second-order valence-electron chi connectivity index (χ2n) is 3.98. The van der Waals surface area contributed by atoms with Crippen molar-refractivity contribution in [1.29, 1.82) is 0 Å². The summed E-state index contributed by atoms with van der Waals surface area (Å²) in [6.07, 6.45) is -0.668. The van der Waals surface area contributed by atoms with Crippen molar-refractivity contribution < 1.29 is 27.9 Å². The molecule has 0 radical (unpaired) electrons. The van der Waals surface area contributed by atoms with Crippen LogP contribution in [0.4, 0.5) is 0 Å². The van der Waals surface area contributed by atoms with Crippen LogP contribution in [0.3, 0.4) is 0 Å². The average Bonchev–Trinajstić information content (AvgIpc) is 2.36. The number of carbonyl (C=O) groups excluding carboxylic acids is 1. The van der Waals surface area contributed by atoms with Crippen LogP contribution in [0.1, 0.15) is 6.42 Å². The maximum absolute atomic E-state index is 12.1. The minimum atomic E-state index is -4.18. The van der Waals surface area contributed by atoms with Crippen molar-refractivity contribution in [2.75, 3.05) is 7.11 Å². The zero-order chi connectivity index (χ0) is 16.2. The third kappa shape index (κ3) is 4.59. The molecule has 1 aromatic rings. The molecule has 116 valence electrons. The lowest BCUT2D eigenvalue weighted by atomic mass is 10.2. The highest BCUT2D eigenvalue weighted by Crippen LogP contribution is 2.26. The molecule has 1 amide bonds. The normalized spacial score (nSPS) is 12.7. The number of hydrogen-bond donors (Lipinski definition) is 3. The van der Waals surface area contributed by atoms with E-state index in [0.717, 1.165) is 6.07 Å². The summed E-state index contributed by atoms with van der Waals surface area (Å²) in [5.74, 6) is -2.20. The summed E-state index contributed by atoms with van der Waals surface area (Å²) in [6, 6.07) is 1.96. The predicted molar refractivity (Wildman–Crippen MR) is 73.6 cm³/mol. The van der Waals surface area contributed by atoms with Gasteiger partial charge in [0.05, 0.1) is 23.4 Å². The zero-order valence-electron chi connectivity index (χ0n) is 10.9. The Hall–Kier alpha value is -1.84. The van der Waals surface area contributed by atoms with Crippen LogP contribution in [-0.2, 0) is 19.6 Å². The lowest BCUT2D eigenvalue weighted by molar-refractivity contribution is -0.140. The summed E-state index contributed by atoms with van der Waals surface area (Å²) in [4.78, 5) is 21.4. The maximum Gasteiger partial charge on any atom is 0.322 e. The molecule has 0 aliphatic heterocycles. The molecule has 0 aromatic heterocycles. The molecule has 0 bridgehead atoms. The van der Waals surface area contributed by atoms with Gasteiger partial charge in [0.15, 0.2) is 0 Å². The van der Waals surface area contributed by atoms with Crippen LogP contribution >= 0.6 is 11.6 Å². The first-order valence-electron chi connectivity index (χ1n) is 5.54. The standard InChI is InChI=1S/C11H13ClN2O6S/c1-20-9-3-2-6(4-7(9)12)21(18,19)14-8(11(16)17)5-10(13)15/h2-4,8,14H,5H2,1H3,(H2,13,15)(H,16,17)/t8-/m1/s1. The van der Waals surface area contributed by atoms with E-state index in [1.165, 1.54) is 19.2 Å². The highest BCUT2D eigenvalue weighted by Gasteiger charge is 2.27. The molecular weight excluding hydrogens is 324 g/mol. The van der Waals surface area contributed by atoms with Crippen molar-refractivity contribution in [1.82, 2.24) is 4.72 Å². The van der Waals surface area contributed by atoms with Crippen molar-refractivity contribution in [3.63, 3.8) is 0 Å². The monoisotopic (exact) mass is 336 g/mol. The molecule has 0 unspecified atom stereocenters. The van der Waals surface area contributed by atoms with E-state index >= 15 is 0 Å². The molecule has 8 nitrogen and oxygen atoms in total.